The molecule has 2 heterocycles. The van der Waals surface area contributed by atoms with Crippen LogP contribution in [0.5, 0.6) is 0 Å². The molecule has 2 aromatic heterocycles. The summed E-state index contributed by atoms with van der Waals surface area (Å²) in [5.41, 5.74) is 3.04. The van der Waals surface area contributed by atoms with E-state index in [-0.39, 0.29) is 15.5 Å². The van der Waals surface area contributed by atoms with Crippen molar-refractivity contribution in [1.82, 2.24) is 9.38 Å². The molecular weight excluding hydrogens is 448 g/mol. The van der Waals surface area contributed by atoms with E-state index in [1.165, 1.54) is 10.5 Å². The third kappa shape index (κ3) is 4.28. The molecule has 4 aromatic rings. The number of carbonyl (C=O) groups is 2. The molecule has 0 radical (unpaired) electrons. The fourth-order valence-electron chi connectivity index (χ4n) is 3.30. The third-order valence-corrected chi connectivity index (χ3v) is 6.09. The van der Waals surface area contributed by atoms with Crippen LogP contribution < -0.4 is 16.2 Å². The summed E-state index contributed by atoms with van der Waals surface area (Å²) in [6.45, 7) is 5.52. The van der Waals surface area contributed by atoms with Crippen LogP contribution in [0.3, 0.4) is 0 Å². The topological polar surface area (TPSA) is 92.6 Å². The first kappa shape index (κ1) is 21.7. The first-order valence-electron chi connectivity index (χ1n) is 9.71. The number of hydrogen-bond acceptors (Lipinski definition) is 5. The maximum Gasteiger partial charge on any atom is 0.274 e. The van der Waals surface area contributed by atoms with Crippen molar-refractivity contribution in [2.75, 3.05) is 10.6 Å². The van der Waals surface area contributed by atoms with Gasteiger partial charge in [0.15, 0.2) is 4.96 Å². The molecule has 0 aliphatic rings. The molecule has 0 fully saturated rings. The van der Waals surface area contributed by atoms with Crippen LogP contribution in [0.15, 0.2) is 53.3 Å². The Morgan fingerprint density at radius 3 is 2.38 bits per heavy atom. The van der Waals surface area contributed by atoms with Crippen molar-refractivity contribution >= 4 is 51.1 Å². The van der Waals surface area contributed by atoms with Gasteiger partial charge in [-0.05, 0) is 56.7 Å². The van der Waals surface area contributed by atoms with Gasteiger partial charge in [0.05, 0.1) is 0 Å². The highest BCUT2D eigenvalue weighted by atomic mass is 35.5. The van der Waals surface area contributed by atoms with Gasteiger partial charge in [0, 0.05) is 28.2 Å². The maximum absolute atomic E-state index is 13.3. The highest BCUT2D eigenvalue weighted by Gasteiger charge is 2.26. The smallest absolute Gasteiger partial charge is 0.274 e. The SMILES string of the molecule is Cc1ccc(NC(=O)c2c(C(=O)Nc3ccc(Cl)cc3)sc3nc(C)cc(=O)n23)c(C)c1. The number of fused-ring (bicyclic) bond motifs is 1. The molecule has 162 valence electrons. The number of amides is 2. The molecule has 2 aromatic carbocycles. The molecule has 0 spiro atoms. The molecular formula is C23H19ClN4O3S. The lowest BCUT2D eigenvalue weighted by molar-refractivity contribution is 0.0989. The van der Waals surface area contributed by atoms with Crippen LogP contribution in [0.4, 0.5) is 11.4 Å². The number of rotatable bonds is 4. The van der Waals surface area contributed by atoms with Crippen molar-refractivity contribution in [1.29, 1.82) is 0 Å². The Balaban J connectivity index is 1.80. The number of carbonyl (C=O) groups excluding carboxylic acids is 2. The van der Waals surface area contributed by atoms with Crippen LogP contribution in [0.2, 0.25) is 5.02 Å². The number of thiazole rings is 1. The first-order valence-corrected chi connectivity index (χ1v) is 10.9. The number of nitrogens with one attached hydrogen (secondary N) is 2. The summed E-state index contributed by atoms with van der Waals surface area (Å²) in [5.74, 6) is -1.09. The summed E-state index contributed by atoms with van der Waals surface area (Å²) in [5, 5.41) is 6.10. The molecule has 0 unspecified atom stereocenters. The third-order valence-electron chi connectivity index (χ3n) is 4.80. The lowest BCUT2D eigenvalue weighted by atomic mass is 10.1. The predicted molar refractivity (Wildman–Crippen MR) is 127 cm³/mol. The summed E-state index contributed by atoms with van der Waals surface area (Å²) in [6, 6.07) is 13.5. The van der Waals surface area contributed by atoms with Gasteiger partial charge >= 0.3 is 0 Å². The Morgan fingerprint density at radius 1 is 0.969 bits per heavy atom. The molecule has 32 heavy (non-hydrogen) atoms. The highest BCUT2D eigenvalue weighted by molar-refractivity contribution is 7.19. The van der Waals surface area contributed by atoms with E-state index in [9.17, 15) is 14.4 Å². The van der Waals surface area contributed by atoms with Gasteiger partial charge in [0.25, 0.3) is 17.4 Å². The Bertz CT molecular complexity index is 1420. The van der Waals surface area contributed by atoms with Gasteiger partial charge in [-0.15, -0.1) is 0 Å². The number of anilines is 2. The van der Waals surface area contributed by atoms with Gasteiger partial charge < -0.3 is 10.6 Å². The van der Waals surface area contributed by atoms with Crippen molar-refractivity contribution in [3.63, 3.8) is 0 Å². The average Bonchev–Trinajstić information content (AvgIpc) is 3.11. The monoisotopic (exact) mass is 466 g/mol. The summed E-state index contributed by atoms with van der Waals surface area (Å²) in [4.78, 5) is 43.8. The molecule has 9 heteroatoms. The molecule has 4 rings (SSSR count). The van der Waals surface area contributed by atoms with Crippen LogP contribution in [0.25, 0.3) is 4.96 Å². The van der Waals surface area contributed by atoms with Gasteiger partial charge in [-0.2, -0.15) is 0 Å². The lowest BCUT2D eigenvalue weighted by Gasteiger charge is -2.10. The second-order valence-electron chi connectivity index (χ2n) is 7.37. The van der Waals surface area contributed by atoms with Crippen LogP contribution in [-0.4, -0.2) is 21.2 Å². The average molecular weight is 467 g/mol. The Hall–Kier alpha value is -3.49. The van der Waals surface area contributed by atoms with Gasteiger partial charge in [0.1, 0.15) is 10.6 Å². The van der Waals surface area contributed by atoms with E-state index in [2.05, 4.69) is 15.6 Å². The largest absolute Gasteiger partial charge is 0.321 e. The van der Waals surface area contributed by atoms with Crippen molar-refractivity contribution in [2.24, 2.45) is 0 Å². The number of nitrogens with zero attached hydrogens (tertiary/aromatic N) is 2. The Morgan fingerprint density at radius 2 is 1.69 bits per heavy atom. The zero-order valence-corrected chi connectivity index (χ0v) is 19.1. The fourth-order valence-corrected chi connectivity index (χ4v) is 4.50. The van der Waals surface area contributed by atoms with Crippen molar-refractivity contribution in [3.8, 4) is 0 Å². The Labute approximate surface area is 192 Å². The van der Waals surface area contributed by atoms with E-state index in [0.29, 0.717) is 22.1 Å². The summed E-state index contributed by atoms with van der Waals surface area (Å²) >= 11 is 6.89. The van der Waals surface area contributed by atoms with E-state index >= 15 is 0 Å². The standard InChI is InChI=1S/C23H19ClN4O3S/c1-12-4-9-17(13(2)10-12)27-21(30)19-20(22(31)26-16-7-5-15(24)6-8-16)32-23-25-14(3)11-18(29)28(19)23/h4-11H,1-3H3,(H,26,31)(H,27,30). The number of hydrogen-bond donors (Lipinski definition) is 2. The van der Waals surface area contributed by atoms with Gasteiger partial charge in [-0.3, -0.25) is 14.4 Å². The highest BCUT2D eigenvalue weighted by Crippen LogP contribution is 2.25. The summed E-state index contributed by atoms with van der Waals surface area (Å²) in [6.07, 6.45) is 0. The lowest BCUT2D eigenvalue weighted by Crippen LogP contribution is -2.25. The molecule has 2 amide bonds. The Kier molecular flexibility index (Phi) is 5.82. The molecule has 2 N–H and O–H groups in total. The van der Waals surface area contributed by atoms with Gasteiger partial charge in [-0.25, -0.2) is 9.38 Å². The van der Waals surface area contributed by atoms with Crippen LogP contribution in [0.1, 0.15) is 37.0 Å². The number of aryl methyl sites for hydroxylation is 3. The van der Waals surface area contributed by atoms with E-state index in [4.69, 9.17) is 11.6 Å². The summed E-state index contributed by atoms with van der Waals surface area (Å²) < 4.78 is 1.17. The molecule has 7 nitrogen and oxygen atoms in total. The minimum atomic E-state index is -0.572. The van der Waals surface area contributed by atoms with Crippen molar-refractivity contribution < 1.29 is 9.59 Å². The predicted octanol–water partition coefficient (Wildman–Crippen LogP) is 4.84. The number of halogens is 1. The first-order chi connectivity index (χ1) is 15.2. The van der Waals surface area contributed by atoms with Gasteiger partial charge in [-0.1, -0.05) is 40.6 Å². The molecule has 0 bridgehead atoms. The zero-order chi connectivity index (χ0) is 23.0. The van der Waals surface area contributed by atoms with Gasteiger partial charge in [0.2, 0.25) is 0 Å². The minimum absolute atomic E-state index is 0.0612. The van der Waals surface area contributed by atoms with Crippen molar-refractivity contribution in [3.05, 3.63) is 91.3 Å². The van der Waals surface area contributed by atoms with Crippen LogP contribution >= 0.6 is 22.9 Å². The summed E-state index contributed by atoms with van der Waals surface area (Å²) in [7, 11) is 0. The zero-order valence-electron chi connectivity index (χ0n) is 17.5. The second-order valence-corrected chi connectivity index (χ2v) is 8.78. The van der Waals surface area contributed by atoms with E-state index in [1.807, 2.05) is 26.0 Å². The van der Waals surface area contributed by atoms with E-state index < -0.39 is 17.4 Å². The van der Waals surface area contributed by atoms with Crippen LogP contribution in [-0.2, 0) is 0 Å². The number of benzene rings is 2. The quantitative estimate of drug-likeness (QED) is 0.450. The molecule has 0 aliphatic carbocycles. The molecule has 0 atom stereocenters. The maximum atomic E-state index is 13.3. The molecule has 0 saturated heterocycles. The minimum Gasteiger partial charge on any atom is -0.321 e. The van der Waals surface area contributed by atoms with Crippen molar-refractivity contribution in [2.45, 2.75) is 20.8 Å². The molecule has 0 aliphatic heterocycles. The molecule has 0 saturated carbocycles. The normalized spacial score (nSPS) is 10.9. The van der Waals surface area contributed by atoms with E-state index in [0.717, 1.165) is 22.5 Å². The second kappa shape index (κ2) is 8.57. The fraction of sp³-hybridized carbons (Fsp3) is 0.130. The van der Waals surface area contributed by atoms with Crippen LogP contribution in [0, 0.1) is 20.8 Å². The van der Waals surface area contributed by atoms with E-state index in [1.54, 1.807) is 37.3 Å². The number of aromatic nitrogens is 2.